The van der Waals surface area contributed by atoms with Gasteiger partial charge in [-0.3, -0.25) is 5.41 Å². The smallest absolute Gasteiger partial charge is 0.187 e. The standard InChI is InChI=1S/C10H19N3OS/c1-7(6-8(2)15-3)4-5-9(11)10(12)13-14/h4-5,7-8,11,14H,6H2,1-3H3,(H2,12,13)/b5-4-,11-9?. The molecule has 0 aromatic heterocycles. The van der Waals surface area contributed by atoms with Crippen LogP contribution in [0.2, 0.25) is 0 Å². The third kappa shape index (κ3) is 6.17. The summed E-state index contributed by atoms with van der Waals surface area (Å²) in [6.45, 7) is 4.26. The zero-order valence-corrected chi connectivity index (χ0v) is 10.2. The molecule has 0 aliphatic carbocycles. The van der Waals surface area contributed by atoms with Gasteiger partial charge in [-0.2, -0.15) is 11.8 Å². The van der Waals surface area contributed by atoms with Gasteiger partial charge in [0.05, 0.1) is 5.71 Å². The summed E-state index contributed by atoms with van der Waals surface area (Å²) < 4.78 is 0. The fourth-order valence-corrected chi connectivity index (χ4v) is 1.59. The van der Waals surface area contributed by atoms with E-state index in [4.69, 9.17) is 16.4 Å². The minimum absolute atomic E-state index is 0.0427. The van der Waals surface area contributed by atoms with E-state index >= 15 is 0 Å². The van der Waals surface area contributed by atoms with Crippen molar-refractivity contribution in [3.05, 3.63) is 12.2 Å². The summed E-state index contributed by atoms with van der Waals surface area (Å²) in [7, 11) is 0. The molecule has 0 rings (SSSR count). The molecule has 0 saturated carbocycles. The lowest BCUT2D eigenvalue weighted by Crippen LogP contribution is -2.21. The minimum atomic E-state index is -0.156. The molecule has 0 aliphatic rings. The number of allylic oxidation sites excluding steroid dienone is 1. The molecule has 86 valence electrons. The topological polar surface area (TPSA) is 82.5 Å². The Hall–Kier alpha value is -0.970. The van der Waals surface area contributed by atoms with Crippen molar-refractivity contribution in [2.75, 3.05) is 6.26 Å². The zero-order chi connectivity index (χ0) is 11.8. The summed E-state index contributed by atoms with van der Waals surface area (Å²) >= 11 is 1.82. The molecular formula is C10H19N3OS. The molecule has 4 nitrogen and oxygen atoms in total. The van der Waals surface area contributed by atoms with Crippen molar-refractivity contribution in [3.8, 4) is 0 Å². The number of rotatable bonds is 6. The second kappa shape index (κ2) is 7.34. The van der Waals surface area contributed by atoms with Gasteiger partial charge in [-0.05, 0) is 24.7 Å². The molecule has 0 spiro atoms. The molecule has 2 atom stereocenters. The number of thioether (sulfide) groups is 1. The van der Waals surface area contributed by atoms with Crippen LogP contribution in [0.15, 0.2) is 17.3 Å². The van der Waals surface area contributed by atoms with Gasteiger partial charge in [0.2, 0.25) is 0 Å². The van der Waals surface area contributed by atoms with E-state index in [0.717, 1.165) is 6.42 Å². The van der Waals surface area contributed by atoms with Gasteiger partial charge in [-0.25, -0.2) is 0 Å². The van der Waals surface area contributed by atoms with Crippen molar-refractivity contribution in [1.29, 1.82) is 5.41 Å². The van der Waals surface area contributed by atoms with E-state index in [1.54, 1.807) is 6.08 Å². The lowest BCUT2D eigenvalue weighted by atomic mass is 10.0. The van der Waals surface area contributed by atoms with Gasteiger partial charge in [0.1, 0.15) is 0 Å². The Morgan fingerprint density at radius 3 is 2.67 bits per heavy atom. The van der Waals surface area contributed by atoms with Gasteiger partial charge in [0.15, 0.2) is 5.84 Å². The maximum Gasteiger partial charge on any atom is 0.187 e. The Balaban J connectivity index is 4.11. The van der Waals surface area contributed by atoms with E-state index in [1.807, 2.05) is 17.8 Å². The van der Waals surface area contributed by atoms with Gasteiger partial charge in [0, 0.05) is 5.25 Å². The van der Waals surface area contributed by atoms with Crippen LogP contribution in [0.1, 0.15) is 20.3 Å². The van der Waals surface area contributed by atoms with Crippen molar-refractivity contribution < 1.29 is 5.21 Å². The van der Waals surface area contributed by atoms with E-state index in [2.05, 4.69) is 25.3 Å². The first-order valence-electron chi connectivity index (χ1n) is 4.78. The quantitative estimate of drug-likeness (QED) is 0.282. The second-order valence-corrected chi connectivity index (χ2v) is 4.79. The Kier molecular flexibility index (Phi) is 6.86. The van der Waals surface area contributed by atoms with E-state index in [9.17, 15) is 0 Å². The van der Waals surface area contributed by atoms with Crippen LogP contribution in [0.5, 0.6) is 0 Å². The fourth-order valence-electron chi connectivity index (χ4n) is 1.10. The first-order chi connectivity index (χ1) is 7.01. The lowest BCUT2D eigenvalue weighted by molar-refractivity contribution is 0.319. The molecular weight excluding hydrogens is 210 g/mol. The normalized spacial score (nSPS) is 16.6. The summed E-state index contributed by atoms with van der Waals surface area (Å²) in [6, 6.07) is 0. The molecule has 0 amide bonds. The average molecular weight is 229 g/mol. The largest absolute Gasteiger partial charge is 0.409 e. The van der Waals surface area contributed by atoms with Crippen LogP contribution in [0, 0.1) is 11.3 Å². The van der Waals surface area contributed by atoms with Crippen molar-refractivity contribution in [2.24, 2.45) is 16.8 Å². The number of nitrogens with one attached hydrogen (secondary N) is 1. The number of nitrogens with zero attached hydrogens (tertiary/aromatic N) is 1. The number of hydrogen-bond donors (Lipinski definition) is 3. The maximum atomic E-state index is 8.34. The third-order valence-corrected chi connectivity index (χ3v) is 3.08. The molecule has 0 heterocycles. The molecule has 4 N–H and O–H groups in total. The van der Waals surface area contributed by atoms with Gasteiger partial charge in [-0.1, -0.05) is 25.1 Å². The highest BCUT2D eigenvalue weighted by Gasteiger charge is 2.05. The summed E-state index contributed by atoms with van der Waals surface area (Å²) in [4.78, 5) is 0. The Labute approximate surface area is 95.1 Å². The molecule has 0 saturated heterocycles. The molecule has 2 unspecified atom stereocenters. The summed E-state index contributed by atoms with van der Waals surface area (Å²) in [5, 5.41) is 19.1. The summed E-state index contributed by atoms with van der Waals surface area (Å²) in [5.74, 6) is 0.232. The van der Waals surface area contributed by atoms with Gasteiger partial charge < -0.3 is 10.9 Å². The Morgan fingerprint density at radius 1 is 1.60 bits per heavy atom. The molecule has 0 bridgehead atoms. The Morgan fingerprint density at radius 2 is 2.20 bits per heavy atom. The van der Waals surface area contributed by atoms with E-state index in [0.29, 0.717) is 11.2 Å². The highest BCUT2D eigenvalue weighted by atomic mass is 32.2. The van der Waals surface area contributed by atoms with Crippen LogP contribution >= 0.6 is 11.8 Å². The van der Waals surface area contributed by atoms with Crippen molar-refractivity contribution >= 4 is 23.3 Å². The first kappa shape index (κ1) is 14.0. The monoisotopic (exact) mass is 229 g/mol. The molecule has 0 fully saturated rings. The summed E-state index contributed by atoms with van der Waals surface area (Å²) in [6.07, 6.45) is 6.63. The average Bonchev–Trinajstić information content (AvgIpc) is 2.24. The SMILES string of the molecule is CSC(C)CC(C)/C=C\C(=N)C(N)=NO. The predicted molar refractivity (Wildman–Crippen MR) is 67.0 cm³/mol. The molecule has 0 aromatic carbocycles. The van der Waals surface area contributed by atoms with Gasteiger partial charge >= 0.3 is 0 Å². The molecule has 5 heteroatoms. The lowest BCUT2D eigenvalue weighted by Gasteiger charge is -2.11. The van der Waals surface area contributed by atoms with E-state index < -0.39 is 0 Å². The summed E-state index contributed by atoms with van der Waals surface area (Å²) in [5.41, 5.74) is 5.29. The predicted octanol–water partition coefficient (Wildman–Crippen LogP) is 2.09. The number of hydrogen-bond acceptors (Lipinski definition) is 4. The minimum Gasteiger partial charge on any atom is -0.409 e. The van der Waals surface area contributed by atoms with Crippen LogP contribution in [0.25, 0.3) is 0 Å². The van der Waals surface area contributed by atoms with Crippen LogP contribution in [-0.4, -0.2) is 28.3 Å². The zero-order valence-electron chi connectivity index (χ0n) is 9.40. The fraction of sp³-hybridized carbons (Fsp3) is 0.600. The van der Waals surface area contributed by atoms with Crippen molar-refractivity contribution in [3.63, 3.8) is 0 Å². The third-order valence-electron chi connectivity index (χ3n) is 2.08. The maximum absolute atomic E-state index is 8.34. The van der Waals surface area contributed by atoms with Crippen LogP contribution in [0.4, 0.5) is 0 Å². The van der Waals surface area contributed by atoms with E-state index in [1.165, 1.54) is 0 Å². The highest BCUT2D eigenvalue weighted by molar-refractivity contribution is 7.99. The van der Waals surface area contributed by atoms with Crippen molar-refractivity contribution in [2.45, 2.75) is 25.5 Å². The second-order valence-electron chi connectivity index (χ2n) is 3.52. The number of amidine groups is 1. The first-order valence-corrected chi connectivity index (χ1v) is 6.07. The molecule has 0 aromatic rings. The Bertz CT molecular complexity index is 263. The van der Waals surface area contributed by atoms with Crippen molar-refractivity contribution in [1.82, 2.24) is 0 Å². The van der Waals surface area contributed by atoms with Gasteiger partial charge in [0.25, 0.3) is 0 Å². The number of oxime groups is 1. The van der Waals surface area contributed by atoms with E-state index in [-0.39, 0.29) is 11.5 Å². The highest BCUT2D eigenvalue weighted by Crippen LogP contribution is 2.16. The molecule has 0 aliphatic heterocycles. The van der Waals surface area contributed by atoms with Crippen LogP contribution < -0.4 is 5.73 Å². The van der Waals surface area contributed by atoms with Crippen LogP contribution in [-0.2, 0) is 0 Å². The van der Waals surface area contributed by atoms with Crippen LogP contribution in [0.3, 0.4) is 0 Å². The molecule has 0 radical (unpaired) electrons. The van der Waals surface area contributed by atoms with Gasteiger partial charge in [-0.15, -0.1) is 0 Å². The molecule has 15 heavy (non-hydrogen) atoms. The number of nitrogens with two attached hydrogens (primary N) is 1.